The van der Waals surface area contributed by atoms with Crippen LogP contribution in [0.1, 0.15) is 15.9 Å². The predicted octanol–water partition coefficient (Wildman–Crippen LogP) is 1.80. The van der Waals surface area contributed by atoms with Crippen molar-refractivity contribution in [2.75, 3.05) is 13.2 Å². The van der Waals surface area contributed by atoms with Crippen LogP contribution in [0.25, 0.3) is 0 Å². The van der Waals surface area contributed by atoms with Crippen LogP contribution >= 0.6 is 0 Å². The summed E-state index contributed by atoms with van der Waals surface area (Å²) in [6.45, 7) is -2.04. The summed E-state index contributed by atoms with van der Waals surface area (Å²) in [6, 6.07) is 3.07. The highest BCUT2D eigenvalue weighted by molar-refractivity contribution is 5.94. The first-order valence-electron chi connectivity index (χ1n) is 5.61. The lowest BCUT2D eigenvalue weighted by Gasteiger charge is -2.15. The number of amides is 1. The predicted molar refractivity (Wildman–Crippen MR) is 63.6 cm³/mol. The van der Waals surface area contributed by atoms with Gasteiger partial charge in [-0.3, -0.25) is 4.79 Å². The van der Waals surface area contributed by atoms with Gasteiger partial charge in [0.05, 0.1) is 12.1 Å². The second-order valence-corrected chi connectivity index (χ2v) is 3.90. The average Bonchev–Trinajstić information content (AvgIpc) is 2.42. The molecule has 0 spiro atoms. The Balaban J connectivity index is 2.80. The number of hydrogen-bond acceptors (Lipinski definition) is 2. The summed E-state index contributed by atoms with van der Waals surface area (Å²) in [5, 5.41) is 10.0. The van der Waals surface area contributed by atoms with Gasteiger partial charge < -0.3 is 10.4 Å². The molecule has 0 unspecified atom stereocenters. The van der Waals surface area contributed by atoms with Gasteiger partial charge in [-0.1, -0.05) is 11.8 Å². The van der Waals surface area contributed by atoms with E-state index in [2.05, 4.69) is 11.8 Å². The highest BCUT2D eigenvalue weighted by atomic mass is 19.3. The summed E-state index contributed by atoms with van der Waals surface area (Å²) >= 11 is 0. The minimum absolute atomic E-state index is 0.163. The zero-order chi connectivity index (χ0) is 16.0. The highest BCUT2D eigenvalue weighted by Gasteiger charge is 2.40. The quantitative estimate of drug-likeness (QED) is 0.658. The summed E-state index contributed by atoms with van der Waals surface area (Å²) in [5.41, 5.74) is -0.411. The van der Waals surface area contributed by atoms with Gasteiger partial charge in [0.15, 0.2) is 0 Å². The summed E-state index contributed by atoms with van der Waals surface area (Å²) in [4.78, 5) is 11.5. The SMILES string of the molecule is O=C(NCC(F)(F)C(F)F)c1ccc(C#CCO)cc1F. The number of benzene rings is 1. The average molecular weight is 307 g/mol. The molecule has 1 aromatic carbocycles. The fourth-order valence-electron chi connectivity index (χ4n) is 1.29. The zero-order valence-corrected chi connectivity index (χ0v) is 10.5. The summed E-state index contributed by atoms with van der Waals surface area (Å²) in [6.07, 6.45) is -3.93. The van der Waals surface area contributed by atoms with Crippen molar-refractivity contribution in [3.8, 4) is 11.8 Å². The van der Waals surface area contributed by atoms with Gasteiger partial charge in [-0.05, 0) is 18.2 Å². The summed E-state index contributed by atoms with van der Waals surface area (Å²) in [5.74, 6) is -2.04. The third-order valence-corrected chi connectivity index (χ3v) is 2.33. The van der Waals surface area contributed by atoms with Crippen molar-refractivity contribution in [1.29, 1.82) is 0 Å². The zero-order valence-electron chi connectivity index (χ0n) is 10.5. The molecule has 2 N–H and O–H groups in total. The molecular formula is C13H10F5NO2. The standard InChI is InChI=1S/C13H10F5NO2/c14-10-6-8(2-1-5-20)3-4-9(10)11(21)19-7-13(17,18)12(15)16/h3-4,6,12,20H,5,7H2,(H,19,21). The molecule has 1 amide bonds. The number of aliphatic hydroxyl groups excluding tert-OH is 1. The smallest absolute Gasteiger partial charge is 0.324 e. The first kappa shape index (κ1) is 16.9. The molecule has 0 fully saturated rings. The highest BCUT2D eigenvalue weighted by Crippen LogP contribution is 2.21. The molecule has 0 heterocycles. The topological polar surface area (TPSA) is 49.3 Å². The molecule has 0 aliphatic carbocycles. The molecule has 0 atom stereocenters. The van der Waals surface area contributed by atoms with Gasteiger partial charge >= 0.3 is 12.3 Å². The van der Waals surface area contributed by atoms with Crippen molar-refractivity contribution in [2.24, 2.45) is 0 Å². The van der Waals surface area contributed by atoms with Crippen molar-refractivity contribution >= 4 is 5.91 Å². The van der Waals surface area contributed by atoms with Gasteiger partial charge in [0.1, 0.15) is 12.4 Å². The Kier molecular flexibility index (Phi) is 5.67. The summed E-state index contributed by atoms with van der Waals surface area (Å²) in [7, 11) is 0. The summed E-state index contributed by atoms with van der Waals surface area (Å²) < 4.78 is 62.6. The van der Waals surface area contributed by atoms with E-state index in [0.717, 1.165) is 12.1 Å². The van der Waals surface area contributed by atoms with Crippen LogP contribution in [0.15, 0.2) is 18.2 Å². The maximum absolute atomic E-state index is 13.6. The molecular weight excluding hydrogens is 297 g/mol. The van der Waals surface area contributed by atoms with E-state index in [1.165, 1.54) is 11.4 Å². The molecule has 0 bridgehead atoms. The Labute approximate surface area is 116 Å². The molecule has 21 heavy (non-hydrogen) atoms. The Bertz CT molecular complexity index is 578. The minimum atomic E-state index is -4.39. The molecule has 0 aliphatic rings. The number of nitrogens with one attached hydrogen (secondary N) is 1. The van der Waals surface area contributed by atoms with Crippen molar-refractivity contribution in [3.63, 3.8) is 0 Å². The van der Waals surface area contributed by atoms with Crippen LogP contribution in [0.3, 0.4) is 0 Å². The van der Waals surface area contributed by atoms with E-state index in [4.69, 9.17) is 5.11 Å². The Morgan fingerprint density at radius 1 is 1.38 bits per heavy atom. The number of hydrogen-bond donors (Lipinski definition) is 2. The van der Waals surface area contributed by atoms with E-state index in [0.29, 0.717) is 0 Å². The van der Waals surface area contributed by atoms with Gasteiger partial charge in [-0.15, -0.1) is 0 Å². The maximum Gasteiger partial charge on any atom is 0.324 e. The van der Waals surface area contributed by atoms with E-state index in [1.54, 1.807) is 0 Å². The first-order valence-corrected chi connectivity index (χ1v) is 5.61. The second kappa shape index (κ2) is 7.04. The van der Waals surface area contributed by atoms with E-state index in [-0.39, 0.29) is 5.56 Å². The van der Waals surface area contributed by atoms with E-state index >= 15 is 0 Å². The fraction of sp³-hybridized carbons (Fsp3) is 0.308. The Morgan fingerprint density at radius 2 is 2.05 bits per heavy atom. The van der Waals surface area contributed by atoms with Gasteiger partial charge in [0.2, 0.25) is 0 Å². The second-order valence-electron chi connectivity index (χ2n) is 3.90. The lowest BCUT2D eigenvalue weighted by Crippen LogP contribution is -2.41. The van der Waals surface area contributed by atoms with Crippen LogP contribution in [-0.4, -0.2) is 36.5 Å². The molecule has 0 radical (unpaired) electrons. The number of rotatable bonds is 4. The molecule has 0 saturated carbocycles. The molecule has 114 valence electrons. The van der Waals surface area contributed by atoms with Crippen LogP contribution in [0.2, 0.25) is 0 Å². The normalized spacial score (nSPS) is 11.0. The Hall–Kier alpha value is -2.14. The van der Waals surface area contributed by atoms with Gasteiger partial charge in [0.25, 0.3) is 5.91 Å². The van der Waals surface area contributed by atoms with Crippen molar-refractivity contribution in [3.05, 3.63) is 35.1 Å². The van der Waals surface area contributed by atoms with E-state index < -0.39 is 42.8 Å². The fourth-order valence-corrected chi connectivity index (χ4v) is 1.29. The molecule has 1 aromatic rings. The number of alkyl halides is 4. The lowest BCUT2D eigenvalue weighted by molar-refractivity contribution is -0.123. The molecule has 0 saturated heterocycles. The van der Waals surface area contributed by atoms with Crippen molar-refractivity contribution in [1.82, 2.24) is 5.32 Å². The third kappa shape index (κ3) is 4.72. The van der Waals surface area contributed by atoms with Crippen LogP contribution in [0.4, 0.5) is 22.0 Å². The van der Waals surface area contributed by atoms with Crippen LogP contribution in [-0.2, 0) is 0 Å². The lowest BCUT2D eigenvalue weighted by atomic mass is 10.1. The van der Waals surface area contributed by atoms with Crippen molar-refractivity contribution in [2.45, 2.75) is 12.3 Å². The number of carbonyl (C=O) groups excluding carboxylic acids is 1. The van der Waals surface area contributed by atoms with Crippen LogP contribution in [0.5, 0.6) is 0 Å². The number of aliphatic hydroxyl groups is 1. The minimum Gasteiger partial charge on any atom is -0.384 e. The van der Waals surface area contributed by atoms with Gasteiger partial charge in [-0.25, -0.2) is 13.2 Å². The van der Waals surface area contributed by atoms with Gasteiger partial charge in [-0.2, -0.15) is 8.78 Å². The van der Waals surface area contributed by atoms with Gasteiger partial charge in [0, 0.05) is 5.56 Å². The maximum atomic E-state index is 13.6. The molecule has 3 nitrogen and oxygen atoms in total. The molecule has 0 aromatic heterocycles. The number of carbonyl (C=O) groups is 1. The number of halogens is 5. The largest absolute Gasteiger partial charge is 0.384 e. The molecule has 8 heteroatoms. The Morgan fingerprint density at radius 3 is 2.57 bits per heavy atom. The molecule has 1 rings (SSSR count). The monoisotopic (exact) mass is 307 g/mol. The van der Waals surface area contributed by atoms with E-state index in [1.807, 2.05) is 0 Å². The third-order valence-electron chi connectivity index (χ3n) is 2.33. The van der Waals surface area contributed by atoms with Crippen LogP contribution < -0.4 is 5.32 Å². The van der Waals surface area contributed by atoms with E-state index in [9.17, 15) is 26.7 Å². The molecule has 0 aliphatic heterocycles. The van der Waals surface area contributed by atoms with Crippen LogP contribution in [0, 0.1) is 17.7 Å². The van der Waals surface area contributed by atoms with Crippen molar-refractivity contribution < 1.29 is 31.9 Å². The first-order chi connectivity index (χ1) is 9.77.